The Kier molecular flexibility index (Phi) is 7.62. The number of hydrogen-bond donors (Lipinski definition) is 1. The second-order valence-corrected chi connectivity index (χ2v) is 6.95. The Balaban J connectivity index is 1.63. The second kappa shape index (κ2) is 10.6. The molecule has 3 aromatic rings. The Morgan fingerprint density at radius 3 is 2.63 bits per heavy atom. The molecule has 0 aliphatic carbocycles. The molecule has 2 aromatic carbocycles. The molecule has 0 fully saturated rings. The monoisotopic (exact) mass is 471 g/mol. The van der Waals surface area contributed by atoms with Crippen LogP contribution in [-0.2, 0) is 4.79 Å². The van der Waals surface area contributed by atoms with Gasteiger partial charge in [-0.2, -0.15) is 5.10 Å². The molecule has 1 N–H and O–H groups in total. The fourth-order valence-corrected chi connectivity index (χ4v) is 3.22. The zero-order chi connectivity index (χ0) is 21.3. The fourth-order valence-electron chi connectivity index (χ4n) is 2.74. The maximum Gasteiger partial charge on any atom is 0.277 e. The van der Waals surface area contributed by atoms with E-state index in [0.717, 1.165) is 9.86 Å². The molecule has 156 valence electrons. The van der Waals surface area contributed by atoms with E-state index in [1.807, 2.05) is 44.2 Å². The quantitative estimate of drug-likeness (QED) is 0.371. The Morgan fingerprint density at radius 1 is 1.07 bits per heavy atom. The summed E-state index contributed by atoms with van der Waals surface area (Å²) in [5, 5.41) is 4.96. The van der Waals surface area contributed by atoms with Crippen molar-refractivity contribution in [1.82, 2.24) is 10.4 Å². The van der Waals surface area contributed by atoms with E-state index < -0.39 is 0 Å². The lowest BCUT2D eigenvalue weighted by atomic mass is 10.2. The summed E-state index contributed by atoms with van der Waals surface area (Å²) in [6.07, 6.45) is 3.20. The van der Waals surface area contributed by atoms with Gasteiger partial charge in [-0.1, -0.05) is 18.2 Å². The van der Waals surface area contributed by atoms with E-state index in [2.05, 4.69) is 31.4 Å². The molecule has 3 rings (SSSR count). The lowest BCUT2D eigenvalue weighted by molar-refractivity contribution is -0.123. The van der Waals surface area contributed by atoms with Gasteiger partial charge in [0.2, 0.25) is 0 Å². The summed E-state index contributed by atoms with van der Waals surface area (Å²) >= 11 is 3.47. The molecule has 0 spiro atoms. The normalized spacial score (nSPS) is 10.9. The summed E-state index contributed by atoms with van der Waals surface area (Å²) in [5.41, 5.74) is 3.87. The topological polar surface area (TPSA) is 82.0 Å². The molecule has 0 atom stereocenters. The molecule has 1 amide bonds. The van der Waals surface area contributed by atoms with E-state index in [0.29, 0.717) is 41.5 Å². The molecule has 0 radical (unpaired) electrons. The summed E-state index contributed by atoms with van der Waals surface area (Å²) in [4.78, 5) is 16.4. The molecule has 8 heteroatoms. The van der Waals surface area contributed by atoms with Crippen molar-refractivity contribution >= 4 is 39.0 Å². The Bertz CT molecular complexity index is 1050. The zero-order valence-corrected chi connectivity index (χ0v) is 18.3. The maximum absolute atomic E-state index is 12.1. The first-order valence-corrected chi connectivity index (χ1v) is 10.3. The van der Waals surface area contributed by atoms with E-state index in [-0.39, 0.29) is 12.5 Å². The number of hydrazone groups is 1. The first-order chi connectivity index (χ1) is 14.6. The van der Waals surface area contributed by atoms with E-state index in [1.54, 1.807) is 18.3 Å². The summed E-state index contributed by atoms with van der Waals surface area (Å²) < 4.78 is 17.6. The Hall–Kier alpha value is -3.13. The molecular formula is C22H22BrN3O4. The van der Waals surface area contributed by atoms with Gasteiger partial charge in [0.25, 0.3) is 5.91 Å². The number of carbonyl (C=O) groups is 1. The van der Waals surface area contributed by atoms with Crippen LogP contribution in [0.15, 0.2) is 58.2 Å². The third kappa shape index (κ3) is 5.48. The number of aromatic nitrogens is 1. The summed E-state index contributed by atoms with van der Waals surface area (Å²) in [5.74, 6) is 1.45. The summed E-state index contributed by atoms with van der Waals surface area (Å²) in [7, 11) is 0. The van der Waals surface area contributed by atoms with E-state index in [9.17, 15) is 4.79 Å². The van der Waals surface area contributed by atoms with Crippen molar-refractivity contribution in [1.29, 1.82) is 0 Å². The van der Waals surface area contributed by atoms with Gasteiger partial charge < -0.3 is 14.2 Å². The molecule has 0 saturated heterocycles. The van der Waals surface area contributed by atoms with Gasteiger partial charge in [-0.05, 0) is 48.0 Å². The van der Waals surface area contributed by atoms with Gasteiger partial charge in [-0.15, -0.1) is 0 Å². The highest BCUT2D eigenvalue weighted by Gasteiger charge is 2.10. The largest absolute Gasteiger partial charge is 0.493 e. The zero-order valence-electron chi connectivity index (χ0n) is 16.7. The maximum atomic E-state index is 12.1. The fraction of sp³-hybridized carbons (Fsp3) is 0.227. The summed E-state index contributed by atoms with van der Waals surface area (Å²) in [6.45, 7) is 4.66. The molecule has 0 aliphatic heterocycles. The molecule has 30 heavy (non-hydrogen) atoms. The predicted octanol–water partition coefficient (Wildman–Crippen LogP) is 4.32. The van der Waals surface area contributed by atoms with Gasteiger partial charge in [-0.25, -0.2) is 5.43 Å². The average molecular weight is 472 g/mol. The van der Waals surface area contributed by atoms with Gasteiger partial charge in [-0.3, -0.25) is 9.78 Å². The number of para-hydroxylation sites is 1. The van der Waals surface area contributed by atoms with Crippen LogP contribution in [0.5, 0.6) is 17.2 Å². The van der Waals surface area contributed by atoms with Crippen LogP contribution in [0, 0.1) is 0 Å². The third-order valence-corrected chi connectivity index (χ3v) is 4.63. The minimum atomic E-state index is -0.387. The van der Waals surface area contributed by atoms with E-state index >= 15 is 0 Å². The number of ether oxygens (including phenoxy) is 3. The van der Waals surface area contributed by atoms with Crippen molar-refractivity contribution in [3.63, 3.8) is 0 Å². The number of fused-ring (bicyclic) bond motifs is 1. The van der Waals surface area contributed by atoms with Crippen LogP contribution in [0.1, 0.15) is 19.4 Å². The summed E-state index contributed by atoms with van der Waals surface area (Å²) in [6, 6.07) is 13.0. The van der Waals surface area contributed by atoms with Crippen LogP contribution in [0.4, 0.5) is 0 Å². The highest BCUT2D eigenvalue weighted by molar-refractivity contribution is 9.10. The van der Waals surface area contributed by atoms with Crippen LogP contribution in [0.25, 0.3) is 10.9 Å². The number of benzene rings is 2. The third-order valence-electron chi connectivity index (χ3n) is 4.01. The van der Waals surface area contributed by atoms with Gasteiger partial charge in [0.15, 0.2) is 6.61 Å². The lowest BCUT2D eigenvalue weighted by Crippen LogP contribution is -2.24. The number of nitrogens with zero attached hydrogens (tertiary/aromatic N) is 2. The number of hydrogen-bond acceptors (Lipinski definition) is 6. The smallest absolute Gasteiger partial charge is 0.277 e. The average Bonchev–Trinajstić information content (AvgIpc) is 2.75. The first-order valence-electron chi connectivity index (χ1n) is 9.50. The van der Waals surface area contributed by atoms with Gasteiger partial charge in [0.1, 0.15) is 22.8 Å². The lowest BCUT2D eigenvalue weighted by Gasteiger charge is -2.12. The van der Waals surface area contributed by atoms with Crippen molar-refractivity contribution < 1.29 is 19.0 Å². The van der Waals surface area contributed by atoms with Gasteiger partial charge >= 0.3 is 0 Å². The van der Waals surface area contributed by atoms with Gasteiger partial charge in [0, 0.05) is 23.2 Å². The minimum absolute atomic E-state index is 0.182. The standard InChI is InChI=1S/C22H22BrN3O4/c1-3-28-19-12-20(29-4-2)17(23)11-16(19)13-25-26-21(27)14-30-18-9-5-7-15-8-6-10-24-22(15)18/h5-13H,3-4,14H2,1-2H3,(H,26,27)/b25-13+. The van der Waals surface area contributed by atoms with Crippen molar-refractivity contribution in [2.45, 2.75) is 13.8 Å². The number of rotatable bonds is 9. The Labute approximate surface area is 183 Å². The minimum Gasteiger partial charge on any atom is -0.493 e. The highest BCUT2D eigenvalue weighted by atomic mass is 79.9. The van der Waals surface area contributed by atoms with Crippen molar-refractivity contribution in [3.05, 3.63) is 58.7 Å². The predicted molar refractivity (Wildman–Crippen MR) is 119 cm³/mol. The number of nitrogens with one attached hydrogen (secondary N) is 1. The molecule has 0 bridgehead atoms. The van der Waals surface area contributed by atoms with Gasteiger partial charge in [0.05, 0.1) is 23.9 Å². The van der Waals surface area contributed by atoms with Crippen LogP contribution in [0.3, 0.4) is 0 Å². The highest BCUT2D eigenvalue weighted by Crippen LogP contribution is 2.32. The van der Waals surface area contributed by atoms with E-state index in [1.165, 1.54) is 6.21 Å². The SMILES string of the molecule is CCOc1cc(OCC)c(/C=N/NC(=O)COc2cccc3cccnc23)cc1Br. The van der Waals surface area contributed by atoms with E-state index in [4.69, 9.17) is 14.2 Å². The molecule has 7 nitrogen and oxygen atoms in total. The number of carbonyl (C=O) groups excluding carboxylic acids is 1. The number of halogens is 1. The van der Waals surface area contributed by atoms with Crippen molar-refractivity contribution in [2.24, 2.45) is 5.10 Å². The van der Waals surface area contributed by atoms with Crippen LogP contribution in [-0.4, -0.2) is 36.9 Å². The van der Waals surface area contributed by atoms with Crippen molar-refractivity contribution in [2.75, 3.05) is 19.8 Å². The molecule has 1 aromatic heterocycles. The first kappa shape index (κ1) is 21.6. The van der Waals surface area contributed by atoms with Crippen LogP contribution < -0.4 is 19.6 Å². The molecule has 0 unspecified atom stereocenters. The Morgan fingerprint density at radius 2 is 1.83 bits per heavy atom. The molecular weight excluding hydrogens is 450 g/mol. The molecule has 1 heterocycles. The second-order valence-electron chi connectivity index (χ2n) is 6.10. The number of amides is 1. The van der Waals surface area contributed by atoms with Crippen LogP contribution >= 0.6 is 15.9 Å². The van der Waals surface area contributed by atoms with Crippen LogP contribution in [0.2, 0.25) is 0 Å². The molecule has 0 aliphatic rings. The molecule has 0 saturated carbocycles. The van der Waals surface area contributed by atoms with Crippen molar-refractivity contribution in [3.8, 4) is 17.2 Å². The number of pyridine rings is 1.